The fourth-order valence-corrected chi connectivity index (χ4v) is 2.60. The summed E-state index contributed by atoms with van der Waals surface area (Å²) >= 11 is 1.72. The fourth-order valence-electron chi connectivity index (χ4n) is 2.17. The molecule has 0 saturated carbocycles. The monoisotopic (exact) mass is 250 g/mol. The van der Waals surface area contributed by atoms with E-state index < -0.39 is 0 Å². The van der Waals surface area contributed by atoms with Crippen LogP contribution >= 0.6 is 11.8 Å². The quantitative estimate of drug-likeness (QED) is 0.803. The molecule has 0 radical (unpaired) electrons. The molecular weight excluding hydrogens is 232 g/mol. The summed E-state index contributed by atoms with van der Waals surface area (Å²) in [6.45, 7) is 0.734. The van der Waals surface area contributed by atoms with Gasteiger partial charge in [0.2, 0.25) is 0 Å². The summed E-state index contributed by atoms with van der Waals surface area (Å²) in [5.74, 6) is 1.22. The van der Waals surface area contributed by atoms with Gasteiger partial charge < -0.3 is 4.74 Å². The number of carbonyl (C=O) groups excluding carboxylic acids is 1. The number of carbonyl (C=O) groups is 1. The van der Waals surface area contributed by atoms with E-state index in [2.05, 4.69) is 18.2 Å². The summed E-state index contributed by atoms with van der Waals surface area (Å²) in [6.07, 6.45) is 4.15. The summed E-state index contributed by atoms with van der Waals surface area (Å²) in [5.41, 5.74) is 2.54. The Morgan fingerprint density at radius 2 is 2.29 bits per heavy atom. The lowest BCUT2D eigenvalue weighted by molar-refractivity contribution is -0.121. The van der Waals surface area contributed by atoms with Crippen LogP contribution < -0.4 is 0 Å². The summed E-state index contributed by atoms with van der Waals surface area (Å²) in [6, 6.07) is 8.29. The second-order valence-electron chi connectivity index (χ2n) is 4.29. The molecule has 0 spiro atoms. The molecule has 0 saturated heterocycles. The van der Waals surface area contributed by atoms with E-state index in [1.165, 1.54) is 11.1 Å². The van der Waals surface area contributed by atoms with Crippen LogP contribution in [-0.2, 0) is 16.0 Å². The van der Waals surface area contributed by atoms with Gasteiger partial charge in [0, 0.05) is 12.8 Å². The van der Waals surface area contributed by atoms with E-state index in [-0.39, 0.29) is 6.10 Å². The van der Waals surface area contributed by atoms with Gasteiger partial charge in [0.1, 0.15) is 5.78 Å². The molecule has 0 aliphatic carbocycles. The number of hydrogen-bond donors (Lipinski definition) is 0. The Morgan fingerprint density at radius 1 is 1.47 bits per heavy atom. The lowest BCUT2D eigenvalue weighted by Gasteiger charge is -2.25. The van der Waals surface area contributed by atoms with Crippen LogP contribution in [0.4, 0.5) is 0 Å². The lowest BCUT2D eigenvalue weighted by Crippen LogP contribution is -2.19. The number of Topliss-reactive ketones (excluding diaryl/α,β-unsaturated/α-hetero) is 1. The third-order valence-electron chi connectivity index (χ3n) is 3.09. The van der Waals surface area contributed by atoms with Gasteiger partial charge in [-0.15, -0.1) is 0 Å². The van der Waals surface area contributed by atoms with Gasteiger partial charge in [0.15, 0.2) is 0 Å². The van der Waals surface area contributed by atoms with Crippen LogP contribution in [0.1, 0.15) is 30.1 Å². The summed E-state index contributed by atoms with van der Waals surface area (Å²) in [5, 5.41) is 0. The highest BCUT2D eigenvalue weighted by atomic mass is 32.2. The number of benzene rings is 1. The van der Waals surface area contributed by atoms with E-state index in [1.54, 1.807) is 11.8 Å². The van der Waals surface area contributed by atoms with Gasteiger partial charge >= 0.3 is 0 Å². The number of ketones is 1. The standard InChI is InChI=1S/C14H18O2S/c1-17-9-7-12(15)10-14-13-5-3-2-4-11(13)6-8-16-14/h2-5,14H,6-10H2,1H3. The van der Waals surface area contributed by atoms with Gasteiger partial charge in [-0.1, -0.05) is 24.3 Å². The molecule has 1 aliphatic rings. The van der Waals surface area contributed by atoms with E-state index in [4.69, 9.17) is 4.74 Å². The Morgan fingerprint density at radius 3 is 3.12 bits per heavy atom. The molecule has 0 bridgehead atoms. The van der Waals surface area contributed by atoms with Gasteiger partial charge in [-0.2, -0.15) is 11.8 Å². The molecule has 1 atom stereocenters. The Balaban J connectivity index is 2.01. The predicted molar refractivity (Wildman–Crippen MR) is 71.5 cm³/mol. The molecule has 2 rings (SSSR count). The number of rotatable bonds is 5. The van der Waals surface area contributed by atoms with Gasteiger partial charge in [-0.05, 0) is 29.6 Å². The highest BCUT2D eigenvalue weighted by Gasteiger charge is 2.22. The van der Waals surface area contributed by atoms with Crippen LogP contribution in [0.15, 0.2) is 24.3 Å². The van der Waals surface area contributed by atoms with Crippen molar-refractivity contribution < 1.29 is 9.53 Å². The lowest BCUT2D eigenvalue weighted by atomic mass is 9.94. The first-order valence-corrected chi connectivity index (χ1v) is 7.40. The molecule has 0 amide bonds. The second kappa shape index (κ2) is 6.22. The number of thioether (sulfide) groups is 1. The molecule has 1 aliphatic heterocycles. The first kappa shape index (κ1) is 12.7. The van der Waals surface area contributed by atoms with Gasteiger partial charge in [0.25, 0.3) is 0 Å². The summed E-state index contributed by atoms with van der Waals surface area (Å²) in [4.78, 5) is 11.8. The predicted octanol–water partition coefficient (Wildman–Crippen LogP) is 3.01. The maximum absolute atomic E-state index is 11.8. The molecule has 92 valence electrons. The van der Waals surface area contributed by atoms with Crippen molar-refractivity contribution in [3.8, 4) is 0 Å². The Bertz CT molecular complexity index is 390. The largest absolute Gasteiger partial charge is 0.373 e. The van der Waals surface area contributed by atoms with Crippen molar-refractivity contribution in [2.75, 3.05) is 18.6 Å². The molecule has 17 heavy (non-hydrogen) atoms. The van der Waals surface area contributed by atoms with Crippen molar-refractivity contribution in [3.05, 3.63) is 35.4 Å². The third kappa shape index (κ3) is 3.33. The van der Waals surface area contributed by atoms with E-state index in [9.17, 15) is 4.79 Å². The van der Waals surface area contributed by atoms with Crippen LogP contribution in [-0.4, -0.2) is 24.4 Å². The molecule has 1 heterocycles. The zero-order valence-electron chi connectivity index (χ0n) is 10.1. The van der Waals surface area contributed by atoms with Crippen molar-refractivity contribution in [3.63, 3.8) is 0 Å². The van der Waals surface area contributed by atoms with E-state index in [1.807, 2.05) is 12.3 Å². The molecular formula is C14H18O2S. The van der Waals surface area contributed by atoms with Crippen LogP contribution in [0.3, 0.4) is 0 Å². The van der Waals surface area contributed by atoms with Crippen LogP contribution in [0, 0.1) is 0 Å². The maximum atomic E-state index is 11.8. The topological polar surface area (TPSA) is 26.3 Å². The first-order chi connectivity index (χ1) is 8.31. The van der Waals surface area contributed by atoms with E-state index in [0.717, 1.165) is 18.8 Å². The molecule has 2 nitrogen and oxygen atoms in total. The minimum Gasteiger partial charge on any atom is -0.373 e. The van der Waals surface area contributed by atoms with Crippen molar-refractivity contribution in [1.82, 2.24) is 0 Å². The first-order valence-electron chi connectivity index (χ1n) is 6.01. The maximum Gasteiger partial charge on any atom is 0.136 e. The molecule has 0 N–H and O–H groups in total. The second-order valence-corrected chi connectivity index (χ2v) is 5.28. The molecule has 3 heteroatoms. The average molecular weight is 250 g/mol. The van der Waals surface area contributed by atoms with Crippen molar-refractivity contribution in [2.24, 2.45) is 0 Å². The molecule has 0 fully saturated rings. The van der Waals surface area contributed by atoms with E-state index >= 15 is 0 Å². The van der Waals surface area contributed by atoms with Crippen molar-refractivity contribution >= 4 is 17.5 Å². The Labute approximate surface area is 107 Å². The number of hydrogen-bond acceptors (Lipinski definition) is 3. The zero-order valence-corrected chi connectivity index (χ0v) is 11.0. The molecule has 1 aromatic carbocycles. The highest BCUT2D eigenvalue weighted by molar-refractivity contribution is 7.98. The molecule has 0 aromatic heterocycles. The van der Waals surface area contributed by atoms with Crippen LogP contribution in [0.25, 0.3) is 0 Å². The smallest absolute Gasteiger partial charge is 0.136 e. The van der Waals surface area contributed by atoms with Crippen molar-refractivity contribution in [2.45, 2.75) is 25.4 Å². The van der Waals surface area contributed by atoms with Gasteiger partial charge in [-0.25, -0.2) is 0 Å². The van der Waals surface area contributed by atoms with Gasteiger partial charge in [-0.3, -0.25) is 4.79 Å². The third-order valence-corrected chi connectivity index (χ3v) is 3.70. The minimum atomic E-state index is -0.0192. The Kier molecular flexibility index (Phi) is 4.63. The highest BCUT2D eigenvalue weighted by Crippen LogP contribution is 2.29. The SMILES string of the molecule is CSCCC(=O)CC1OCCc2ccccc21. The Hall–Kier alpha value is -0.800. The molecule has 1 unspecified atom stereocenters. The normalized spacial score (nSPS) is 18.8. The van der Waals surface area contributed by atoms with Crippen LogP contribution in [0.5, 0.6) is 0 Å². The van der Waals surface area contributed by atoms with Crippen molar-refractivity contribution in [1.29, 1.82) is 0 Å². The molecule has 1 aromatic rings. The fraction of sp³-hybridized carbons (Fsp3) is 0.500. The number of fused-ring (bicyclic) bond motifs is 1. The van der Waals surface area contributed by atoms with E-state index in [0.29, 0.717) is 18.6 Å². The number of ether oxygens (including phenoxy) is 1. The van der Waals surface area contributed by atoms with Gasteiger partial charge in [0.05, 0.1) is 12.7 Å². The summed E-state index contributed by atoms with van der Waals surface area (Å²) < 4.78 is 5.73. The minimum absolute atomic E-state index is 0.0192. The average Bonchev–Trinajstić information content (AvgIpc) is 2.37. The zero-order chi connectivity index (χ0) is 12.1. The summed E-state index contributed by atoms with van der Waals surface area (Å²) in [7, 11) is 0. The van der Waals surface area contributed by atoms with Crippen LogP contribution in [0.2, 0.25) is 0 Å².